The quantitative estimate of drug-likeness (QED) is 0.591. The first-order chi connectivity index (χ1) is 6.13. The molecule has 0 aromatic carbocycles. The van der Waals surface area contributed by atoms with Crippen LogP contribution in [0.5, 0.6) is 0 Å². The third-order valence-corrected chi connectivity index (χ3v) is 2.67. The van der Waals surface area contributed by atoms with Gasteiger partial charge < -0.3 is 15.7 Å². The molecule has 1 fully saturated rings. The van der Waals surface area contributed by atoms with Crippen LogP contribution in [-0.4, -0.2) is 66.8 Å². The van der Waals surface area contributed by atoms with E-state index < -0.39 is 0 Å². The number of rotatable bonds is 3. The van der Waals surface area contributed by atoms with Gasteiger partial charge in [-0.05, 0) is 14.0 Å². The van der Waals surface area contributed by atoms with Crippen LogP contribution in [-0.2, 0) is 0 Å². The summed E-state index contributed by atoms with van der Waals surface area (Å²) in [6, 6.07) is 0.460. The molecule has 0 aliphatic carbocycles. The molecule has 0 amide bonds. The Hall–Kier alpha value is -0.160. The van der Waals surface area contributed by atoms with Gasteiger partial charge in [-0.3, -0.25) is 4.90 Å². The maximum atomic E-state index is 8.84. The van der Waals surface area contributed by atoms with E-state index in [9.17, 15) is 0 Å². The van der Waals surface area contributed by atoms with Crippen molar-refractivity contribution in [1.29, 1.82) is 0 Å². The van der Waals surface area contributed by atoms with Crippen LogP contribution < -0.4 is 5.73 Å². The molecule has 13 heavy (non-hydrogen) atoms. The zero-order valence-electron chi connectivity index (χ0n) is 8.61. The second kappa shape index (κ2) is 4.91. The second-order valence-electron chi connectivity index (χ2n) is 4.05. The summed E-state index contributed by atoms with van der Waals surface area (Å²) in [6.07, 6.45) is 0. The maximum Gasteiger partial charge on any atom is 0.0595 e. The van der Waals surface area contributed by atoms with Gasteiger partial charge in [-0.1, -0.05) is 0 Å². The highest BCUT2D eigenvalue weighted by atomic mass is 16.3. The zero-order valence-corrected chi connectivity index (χ0v) is 8.61. The molecule has 0 spiro atoms. The van der Waals surface area contributed by atoms with Crippen molar-refractivity contribution in [2.24, 2.45) is 5.73 Å². The Morgan fingerprint density at radius 2 is 2.23 bits per heavy atom. The minimum atomic E-state index is -0.0918. The van der Waals surface area contributed by atoms with Crippen LogP contribution in [0.2, 0.25) is 0 Å². The number of hydrogen-bond donors (Lipinski definition) is 2. The number of hydrogen-bond acceptors (Lipinski definition) is 4. The number of aliphatic hydroxyl groups is 1. The normalized spacial score (nSPS) is 29.1. The summed E-state index contributed by atoms with van der Waals surface area (Å²) >= 11 is 0. The van der Waals surface area contributed by atoms with Crippen molar-refractivity contribution in [3.63, 3.8) is 0 Å². The number of aliphatic hydroxyl groups excluding tert-OH is 1. The van der Waals surface area contributed by atoms with Gasteiger partial charge in [-0.2, -0.15) is 0 Å². The summed E-state index contributed by atoms with van der Waals surface area (Å²) in [5.74, 6) is 0. The second-order valence-corrected chi connectivity index (χ2v) is 4.05. The van der Waals surface area contributed by atoms with Gasteiger partial charge in [0.05, 0.1) is 6.61 Å². The van der Waals surface area contributed by atoms with Crippen LogP contribution in [0.1, 0.15) is 6.92 Å². The fraction of sp³-hybridized carbons (Fsp3) is 1.00. The SMILES string of the molecule is CC1CN(C)CCN1CC(N)CO. The number of likely N-dealkylation sites (N-methyl/N-ethyl adjacent to an activating group) is 1. The average Bonchev–Trinajstić information content (AvgIpc) is 2.09. The molecule has 1 heterocycles. The summed E-state index contributed by atoms with van der Waals surface area (Å²) in [5, 5.41) is 8.84. The predicted octanol–water partition coefficient (Wildman–Crippen LogP) is -1.06. The molecule has 1 aliphatic heterocycles. The van der Waals surface area contributed by atoms with Gasteiger partial charge in [-0.15, -0.1) is 0 Å². The predicted molar refractivity (Wildman–Crippen MR) is 53.6 cm³/mol. The van der Waals surface area contributed by atoms with Crippen molar-refractivity contribution >= 4 is 0 Å². The van der Waals surface area contributed by atoms with E-state index in [2.05, 4.69) is 23.8 Å². The lowest BCUT2D eigenvalue weighted by molar-refractivity contribution is 0.0863. The zero-order chi connectivity index (χ0) is 9.84. The molecule has 0 radical (unpaired) electrons. The van der Waals surface area contributed by atoms with Gasteiger partial charge in [0.2, 0.25) is 0 Å². The summed E-state index contributed by atoms with van der Waals surface area (Å²) < 4.78 is 0. The molecule has 78 valence electrons. The van der Waals surface area contributed by atoms with Gasteiger partial charge in [0.1, 0.15) is 0 Å². The molecule has 1 saturated heterocycles. The maximum absolute atomic E-state index is 8.84. The Labute approximate surface area is 80.3 Å². The van der Waals surface area contributed by atoms with E-state index >= 15 is 0 Å². The first-order valence-electron chi connectivity index (χ1n) is 4.92. The molecule has 1 aliphatic rings. The highest BCUT2D eigenvalue weighted by Crippen LogP contribution is 2.07. The Bertz CT molecular complexity index is 154. The molecule has 0 bridgehead atoms. The molecule has 4 heteroatoms. The van der Waals surface area contributed by atoms with E-state index in [-0.39, 0.29) is 12.6 Å². The first-order valence-corrected chi connectivity index (χ1v) is 4.92. The van der Waals surface area contributed by atoms with E-state index in [1.165, 1.54) is 0 Å². The lowest BCUT2D eigenvalue weighted by Crippen LogP contribution is -2.54. The van der Waals surface area contributed by atoms with Crippen LogP contribution in [0.4, 0.5) is 0 Å². The van der Waals surface area contributed by atoms with Gasteiger partial charge in [0.15, 0.2) is 0 Å². The highest BCUT2D eigenvalue weighted by Gasteiger charge is 2.22. The van der Waals surface area contributed by atoms with E-state index in [4.69, 9.17) is 10.8 Å². The van der Waals surface area contributed by atoms with E-state index in [0.717, 1.165) is 26.2 Å². The van der Waals surface area contributed by atoms with Crippen molar-refractivity contribution in [3.8, 4) is 0 Å². The van der Waals surface area contributed by atoms with E-state index in [1.807, 2.05) is 0 Å². The highest BCUT2D eigenvalue weighted by molar-refractivity contribution is 4.79. The Morgan fingerprint density at radius 1 is 1.54 bits per heavy atom. The van der Waals surface area contributed by atoms with Gasteiger partial charge >= 0.3 is 0 Å². The van der Waals surface area contributed by atoms with Gasteiger partial charge in [0, 0.05) is 38.3 Å². The Kier molecular flexibility index (Phi) is 4.12. The molecular weight excluding hydrogens is 166 g/mol. The molecule has 2 atom stereocenters. The lowest BCUT2D eigenvalue weighted by Gasteiger charge is -2.39. The Morgan fingerprint density at radius 3 is 2.77 bits per heavy atom. The van der Waals surface area contributed by atoms with Crippen LogP contribution in [0.15, 0.2) is 0 Å². The average molecular weight is 187 g/mol. The summed E-state index contributed by atoms with van der Waals surface area (Å²) in [5.41, 5.74) is 5.70. The number of piperazine rings is 1. The van der Waals surface area contributed by atoms with Crippen LogP contribution in [0, 0.1) is 0 Å². The summed E-state index contributed by atoms with van der Waals surface area (Å²) in [7, 11) is 2.14. The summed E-state index contributed by atoms with van der Waals surface area (Å²) in [4.78, 5) is 4.67. The largest absolute Gasteiger partial charge is 0.395 e. The van der Waals surface area contributed by atoms with Crippen LogP contribution in [0.3, 0.4) is 0 Å². The van der Waals surface area contributed by atoms with Crippen molar-refractivity contribution in [3.05, 3.63) is 0 Å². The first kappa shape index (κ1) is 10.9. The number of nitrogens with two attached hydrogens (primary N) is 1. The monoisotopic (exact) mass is 187 g/mol. The van der Waals surface area contributed by atoms with Gasteiger partial charge in [-0.25, -0.2) is 0 Å². The number of nitrogens with zero attached hydrogens (tertiary/aromatic N) is 2. The van der Waals surface area contributed by atoms with E-state index in [1.54, 1.807) is 0 Å². The molecule has 3 N–H and O–H groups in total. The van der Waals surface area contributed by atoms with Crippen LogP contribution in [0.25, 0.3) is 0 Å². The molecule has 1 rings (SSSR count). The lowest BCUT2D eigenvalue weighted by atomic mass is 10.1. The van der Waals surface area contributed by atoms with Crippen molar-refractivity contribution < 1.29 is 5.11 Å². The topological polar surface area (TPSA) is 52.7 Å². The minimum Gasteiger partial charge on any atom is -0.395 e. The molecule has 0 aromatic heterocycles. The third kappa shape index (κ3) is 3.23. The van der Waals surface area contributed by atoms with Crippen molar-refractivity contribution in [1.82, 2.24) is 9.80 Å². The fourth-order valence-electron chi connectivity index (χ4n) is 1.81. The molecule has 0 saturated carbocycles. The fourth-order valence-corrected chi connectivity index (χ4v) is 1.81. The van der Waals surface area contributed by atoms with Crippen molar-refractivity contribution in [2.45, 2.75) is 19.0 Å². The van der Waals surface area contributed by atoms with Gasteiger partial charge in [0.25, 0.3) is 0 Å². The third-order valence-electron chi connectivity index (χ3n) is 2.67. The van der Waals surface area contributed by atoms with Crippen LogP contribution >= 0.6 is 0 Å². The molecule has 0 aromatic rings. The van der Waals surface area contributed by atoms with E-state index in [0.29, 0.717) is 6.04 Å². The minimum absolute atomic E-state index is 0.0824. The molecule has 4 nitrogen and oxygen atoms in total. The molecular formula is C9H21N3O. The summed E-state index contributed by atoms with van der Waals surface area (Å²) in [6.45, 7) is 6.36. The molecule has 2 unspecified atom stereocenters. The Balaban J connectivity index is 2.33. The van der Waals surface area contributed by atoms with Crippen molar-refractivity contribution in [2.75, 3.05) is 39.8 Å². The smallest absolute Gasteiger partial charge is 0.0595 e. The standard InChI is InChI=1S/C9H21N3O/c1-8-5-11(2)3-4-12(8)6-9(10)7-13/h8-9,13H,3-7,10H2,1-2H3.